The standard InChI is InChI=1S/C21H28FN3S.C14H16ClFO.C7H6N4S.2C7H15N3S.C6H14N2/c1-24(2)16-10-13-25(14-16)20-23-19(15-26-20)21(11-6-3-7-12-21)17-8-4-5-9-18(17)22;15-10-13(17)14(8-4-1-5-9-14)11-6-2-3-7-12(11)16;12-7(10-3-1-8-5-10)11-4-2-9-6-11;2*1-9(2)6-3-4-10(5-6)7(8)11;1-8(2)6-3-4-7-5-6/h4-5,8-9,15-16H,3,6-7,10-14H2,1-2H3;2-3,6-7H,1,4-5,8-10H2;1-6H;2*6H,3-5H2,1-2H3,(H2,8,11);6-7H,3-5H2,1-2H3. The lowest BCUT2D eigenvalue weighted by atomic mass is 9.67. The number of ketones is 1. The molecular weight excluding hydrogens is 1170 g/mol. The van der Waals surface area contributed by atoms with Crippen LogP contribution in [0.5, 0.6) is 0 Å². The van der Waals surface area contributed by atoms with Gasteiger partial charge in [0.15, 0.2) is 26.3 Å². The quantitative estimate of drug-likeness (QED) is 0.0901. The number of likely N-dealkylation sites (N-methyl/N-ethyl adjacent to an activating group) is 4. The molecule has 85 heavy (non-hydrogen) atoms. The van der Waals surface area contributed by atoms with Crippen molar-refractivity contribution in [3.05, 3.63) is 120 Å². The molecular formula is C62H94ClF2N15OS4. The third kappa shape index (κ3) is 19.4. The molecule has 4 saturated heterocycles. The van der Waals surface area contributed by atoms with E-state index in [4.69, 9.17) is 64.7 Å². The SMILES string of the molecule is CN(C)C1CCN(C(N)=S)C1.CN(C)C1CCN(C(N)=S)C1.CN(C)C1CCN(c2nc(C3(c4ccccc4F)CCCCC3)cs2)C1.CN(C)C1CCNC1.O=C(CCl)C1(c2ccccc2F)CCCCC1.S=C(n1ccnc1)n1ccnc1. The van der Waals surface area contributed by atoms with Gasteiger partial charge in [0.1, 0.15) is 24.3 Å². The molecule has 0 bridgehead atoms. The minimum atomic E-state index is -0.675. The Morgan fingerprint density at radius 3 is 1.52 bits per heavy atom. The molecule has 4 atom stereocenters. The molecule has 16 nitrogen and oxygen atoms in total. The number of carbonyl (C=O) groups excluding carboxylic acids is 1. The number of alkyl halides is 1. The number of hydrogen-bond donors (Lipinski definition) is 3. The molecule has 6 aliphatic rings. The van der Waals surface area contributed by atoms with Crippen molar-refractivity contribution in [1.29, 1.82) is 0 Å². The zero-order valence-corrected chi connectivity index (χ0v) is 55.5. The summed E-state index contributed by atoms with van der Waals surface area (Å²) in [4.78, 5) is 40.5. The van der Waals surface area contributed by atoms with Crippen LogP contribution in [0.3, 0.4) is 0 Å². The van der Waals surface area contributed by atoms with Gasteiger partial charge in [-0.1, -0.05) is 74.9 Å². The summed E-state index contributed by atoms with van der Waals surface area (Å²) in [5.41, 5.74) is 12.5. The number of aromatic nitrogens is 5. The number of nitrogens with two attached hydrogens (primary N) is 2. The Bertz CT molecular complexity index is 2730. The molecule has 4 unspecified atom stereocenters. The molecule has 2 saturated carbocycles. The number of likely N-dealkylation sites (tertiary alicyclic amines) is 2. The highest BCUT2D eigenvalue weighted by atomic mass is 35.5. The number of anilines is 1. The maximum Gasteiger partial charge on any atom is 0.190 e. The summed E-state index contributed by atoms with van der Waals surface area (Å²) in [6.45, 7) is 8.46. The predicted octanol–water partition coefficient (Wildman–Crippen LogP) is 8.91. The highest BCUT2D eigenvalue weighted by molar-refractivity contribution is 7.80. The number of carbonyl (C=O) groups is 1. The van der Waals surface area contributed by atoms with E-state index in [0.29, 0.717) is 39.0 Å². The van der Waals surface area contributed by atoms with Crippen LogP contribution in [0.25, 0.3) is 0 Å². The lowest BCUT2D eigenvalue weighted by Crippen LogP contribution is -2.39. The number of rotatable bonds is 10. The number of thiazole rings is 1. The van der Waals surface area contributed by atoms with E-state index >= 15 is 0 Å². The zero-order chi connectivity index (χ0) is 61.7. The number of Topliss-reactive ketones (excluding diaryl/α,β-unsaturated/α-hetero) is 1. The number of benzene rings is 2. The summed E-state index contributed by atoms with van der Waals surface area (Å²) >= 11 is 22.3. The van der Waals surface area contributed by atoms with Crippen LogP contribution in [-0.4, -0.2) is 213 Å². The van der Waals surface area contributed by atoms with Gasteiger partial charge in [-0.3, -0.25) is 13.9 Å². The molecule has 6 fully saturated rings. The van der Waals surface area contributed by atoms with Crippen LogP contribution in [0.2, 0.25) is 0 Å². The molecule has 3 aromatic heterocycles. The Morgan fingerprint density at radius 2 is 1.13 bits per heavy atom. The summed E-state index contributed by atoms with van der Waals surface area (Å²) in [6.07, 6.45) is 25.1. The first-order valence-electron chi connectivity index (χ1n) is 30.0. The van der Waals surface area contributed by atoms with Gasteiger partial charge in [0, 0.05) is 111 Å². The maximum atomic E-state index is 14.7. The number of nitrogens with one attached hydrogen (secondary N) is 1. The van der Waals surface area contributed by atoms with Gasteiger partial charge in [-0.05, 0) is 169 Å². The molecule has 5 aromatic rings. The van der Waals surface area contributed by atoms with E-state index in [1.54, 1.807) is 88.2 Å². The topological polar surface area (TPSA) is 152 Å². The second-order valence-corrected chi connectivity index (χ2v) is 26.2. The molecule has 0 radical (unpaired) electrons. The van der Waals surface area contributed by atoms with E-state index in [-0.39, 0.29) is 28.7 Å². The van der Waals surface area contributed by atoms with E-state index < -0.39 is 5.41 Å². The van der Waals surface area contributed by atoms with Crippen molar-refractivity contribution in [3.63, 3.8) is 0 Å². The molecule has 4 aliphatic heterocycles. The van der Waals surface area contributed by atoms with Gasteiger partial charge in [0.2, 0.25) is 0 Å². The van der Waals surface area contributed by atoms with Crippen molar-refractivity contribution in [2.45, 2.75) is 125 Å². The minimum absolute atomic E-state index is 0.0334. The van der Waals surface area contributed by atoms with Gasteiger partial charge in [-0.15, -0.1) is 22.9 Å². The van der Waals surface area contributed by atoms with E-state index in [2.05, 4.69) is 111 Å². The Morgan fingerprint density at radius 1 is 0.659 bits per heavy atom. The monoisotopic (exact) mass is 1270 g/mol. The number of thiocarbonyl (C=S) groups is 3. The van der Waals surface area contributed by atoms with Gasteiger partial charge < -0.3 is 51.1 Å². The highest BCUT2D eigenvalue weighted by Crippen LogP contribution is 2.47. The van der Waals surface area contributed by atoms with E-state index in [1.165, 1.54) is 51.3 Å². The van der Waals surface area contributed by atoms with E-state index in [0.717, 1.165) is 119 Å². The summed E-state index contributed by atoms with van der Waals surface area (Å²) in [6, 6.07) is 16.5. The van der Waals surface area contributed by atoms with Crippen LogP contribution < -0.4 is 21.7 Å². The van der Waals surface area contributed by atoms with Gasteiger partial charge >= 0.3 is 0 Å². The van der Waals surface area contributed by atoms with Crippen molar-refractivity contribution in [3.8, 4) is 0 Å². The smallest absolute Gasteiger partial charge is 0.190 e. The third-order valence-electron chi connectivity index (χ3n) is 17.6. The summed E-state index contributed by atoms with van der Waals surface area (Å²) in [5.74, 6) is -0.441. The Hall–Kier alpha value is -4.62. The molecule has 0 spiro atoms. The predicted molar refractivity (Wildman–Crippen MR) is 357 cm³/mol. The van der Waals surface area contributed by atoms with Crippen molar-refractivity contribution < 1.29 is 13.6 Å². The molecule has 2 aliphatic carbocycles. The average Bonchev–Trinajstić information content (AvgIpc) is 2.53. The highest BCUT2D eigenvalue weighted by Gasteiger charge is 2.43. The van der Waals surface area contributed by atoms with E-state index in [1.807, 2.05) is 12.1 Å². The van der Waals surface area contributed by atoms with E-state index in [9.17, 15) is 13.6 Å². The number of halogens is 3. The largest absolute Gasteiger partial charge is 0.376 e. The second-order valence-electron chi connectivity index (χ2n) is 23.9. The molecule has 0 amide bonds. The molecule has 7 heterocycles. The van der Waals surface area contributed by atoms with Crippen LogP contribution in [0.1, 0.15) is 107 Å². The first kappa shape index (κ1) is 69.5. The van der Waals surface area contributed by atoms with Crippen LogP contribution in [-0.2, 0) is 15.6 Å². The van der Waals surface area contributed by atoms with Gasteiger partial charge in [0.25, 0.3) is 0 Å². The minimum Gasteiger partial charge on any atom is -0.376 e. The fourth-order valence-electron chi connectivity index (χ4n) is 12.2. The first-order chi connectivity index (χ1) is 40.7. The Kier molecular flexibility index (Phi) is 28.0. The number of hydrogen-bond acceptors (Lipinski definition) is 14. The van der Waals surface area contributed by atoms with Gasteiger partial charge in [-0.2, -0.15) is 0 Å². The average molecular weight is 1270 g/mol. The molecule has 2 aromatic carbocycles. The first-order valence-corrected chi connectivity index (χ1v) is 32.6. The lowest BCUT2D eigenvalue weighted by molar-refractivity contribution is -0.123. The molecule has 468 valence electrons. The van der Waals surface area contributed by atoms with Crippen LogP contribution in [0.15, 0.2) is 91.4 Å². The number of nitrogens with zero attached hydrogens (tertiary/aromatic N) is 12. The second kappa shape index (κ2) is 34.2. The molecule has 5 N–H and O–H groups in total. The summed E-state index contributed by atoms with van der Waals surface area (Å²) in [5, 5.41) is 8.32. The molecule has 11 rings (SSSR count). The van der Waals surface area contributed by atoms with Crippen molar-refractivity contribution >= 4 is 85.8 Å². The Balaban J connectivity index is 0.000000172. The van der Waals surface area contributed by atoms with Crippen LogP contribution >= 0.6 is 59.6 Å². The number of imidazole rings is 2. The van der Waals surface area contributed by atoms with Crippen molar-refractivity contribution in [2.24, 2.45) is 11.5 Å². The van der Waals surface area contributed by atoms with Crippen molar-refractivity contribution in [2.75, 3.05) is 120 Å². The van der Waals surface area contributed by atoms with Crippen molar-refractivity contribution in [1.82, 2.24) is 58.8 Å². The normalized spacial score (nSPS) is 21.4. The van der Waals surface area contributed by atoms with Crippen LogP contribution in [0.4, 0.5) is 13.9 Å². The van der Waals surface area contributed by atoms with Gasteiger partial charge in [0.05, 0.1) is 17.0 Å². The lowest BCUT2D eigenvalue weighted by Gasteiger charge is -2.36. The van der Waals surface area contributed by atoms with Gasteiger partial charge in [-0.25, -0.2) is 23.7 Å². The summed E-state index contributed by atoms with van der Waals surface area (Å²) in [7, 11) is 16.9. The van der Waals surface area contributed by atoms with Crippen LogP contribution in [0, 0.1) is 11.6 Å². The maximum absolute atomic E-state index is 14.7. The molecule has 23 heteroatoms. The summed E-state index contributed by atoms with van der Waals surface area (Å²) < 4.78 is 32.1. The third-order valence-corrected chi connectivity index (χ3v) is 19.7. The fraction of sp³-hybridized carbons (Fsp3) is 0.597. The Labute approximate surface area is 530 Å². The zero-order valence-electron chi connectivity index (χ0n) is 51.4. The fourth-order valence-corrected chi connectivity index (χ4v) is 13.9.